The first-order valence-electron chi connectivity index (χ1n) is 7.14. The van der Waals surface area contributed by atoms with Gasteiger partial charge in [0.25, 0.3) is 0 Å². The van der Waals surface area contributed by atoms with Gasteiger partial charge in [-0.2, -0.15) is 0 Å². The van der Waals surface area contributed by atoms with Crippen LogP contribution in [-0.4, -0.2) is 25.3 Å². The highest BCUT2D eigenvalue weighted by atomic mass is 127. The van der Waals surface area contributed by atoms with Crippen LogP contribution in [0.3, 0.4) is 0 Å². The van der Waals surface area contributed by atoms with Gasteiger partial charge in [-0.25, -0.2) is 4.99 Å². The van der Waals surface area contributed by atoms with Gasteiger partial charge in [-0.3, -0.25) is 0 Å². The Balaban J connectivity index is 0.00000288. The molecule has 0 fully saturated rings. The molecule has 0 aliphatic rings. The first-order valence-corrected chi connectivity index (χ1v) is 7.14. The zero-order valence-corrected chi connectivity index (χ0v) is 16.0. The average molecular weight is 443 g/mol. The molecule has 130 valence electrons. The van der Waals surface area contributed by atoms with Crippen LogP contribution < -0.4 is 20.5 Å². The number of methoxy groups -OCH3 is 2. The average Bonchev–Trinajstić information content (AvgIpc) is 2.60. The molecule has 2 rings (SSSR count). The number of rotatable bonds is 6. The molecule has 7 heteroatoms. The summed E-state index contributed by atoms with van der Waals surface area (Å²) in [5.41, 5.74) is 8.37. The zero-order chi connectivity index (χ0) is 16.7. The summed E-state index contributed by atoms with van der Waals surface area (Å²) in [6.07, 6.45) is 0. The summed E-state index contributed by atoms with van der Waals surface area (Å²) in [5, 5.41) is 12.3. The molecule has 0 amide bonds. The number of aliphatic hydroxyl groups excluding tert-OH is 1. The van der Waals surface area contributed by atoms with Crippen molar-refractivity contribution >= 4 is 35.6 Å². The number of halogens is 1. The second kappa shape index (κ2) is 9.99. The Labute approximate surface area is 158 Å². The Morgan fingerprint density at radius 3 is 2.46 bits per heavy atom. The van der Waals surface area contributed by atoms with Gasteiger partial charge >= 0.3 is 0 Å². The number of anilines is 1. The Bertz CT molecular complexity index is 693. The Morgan fingerprint density at radius 2 is 1.83 bits per heavy atom. The number of nitrogens with two attached hydrogens (primary N) is 1. The Morgan fingerprint density at radius 1 is 1.12 bits per heavy atom. The molecule has 2 aromatic carbocycles. The lowest BCUT2D eigenvalue weighted by Crippen LogP contribution is -2.23. The first-order chi connectivity index (χ1) is 11.2. The molecule has 0 saturated carbocycles. The van der Waals surface area contributed by atoms with Gasteiger partial charge in [-0.1, -0.05) is 24.3 Å². The molecule has 0 bridgehead atoms. The largest absolute Gasteiger partial charge is 0.497 e. The summed E-state index contributed by atoms with van der Waals surface area (Å²) in [6.45, 7) is 0.352. The van der Waals surface area contributed by atoms with Gasteiger partial charge in [-0.05, 0) is 23.3 Å². The predicted octanol–water partition coefficient (Wildman–Crippen LogP) is 2.74. The standard InChI is InChI=1S/C17H21N3O3.HI/c1-22-14-7-8-16(23-2)15(9-14)20-17(18)19-10-12-5-3-4-6-13(12)11-21;/h3-9,21H,10-11H2,1-2H3,(H3,18,19,20);1H. The number of nitrogens with one attached hydrogen (secondary N) is 1. The summed E-state index contributed by atoms with van der Waals surface area (Å²) >= 11 is 0. The van der Waals surface area contributed by atoms with E-state index in [-0.39, 0.29) is 36.5 Å². The van der Waals surface area contributed by atoms with E-state index < -0.39 is 0 Å². The summed E-state index contributed by atoms with van der Waals surface area (Å²) in [6, 6.07) is 12.9. The van der Waals surface area contributed by atoms with Gasteiger partial charge in [0.2, 0.25) is 0 Å². The summed E-state index contributed by atoms with van der Waals surface area (Å²) in [4.78, 5) is 4.31. The number of hydrogen-bond acceptors (Lipinski definition) is 4. The van der Waals surface area contributed by atoms with Gasteiger partial charge in [0, 0.05) is 6.07 Å². The SMILES string of the molecule is COc1ccc(OC)c(NC(N)=NCc2ccccc2CO)c1.I. The maximum Gasteiger partial charge on any atom is 0.193 e. The van der Waals surface area contributed by atoms with Gasteiger partial charge in [-0.15, -0.1) is 24.0 Å². The highest BCUT2D eigenvalue weighted by Crippen LogP contribution is 2.28. The van der Waals surface area contributed by atoms with Crippen LogP contribution in [0.4, 0.5) is 5.69 Å². The molecule has 0 aromatic heterocycles. The fourth-order valence-corrected chi connectivity index (χ4v) is 2.13. The van der Waals surface area contributed by atoms with Crippen LogP contribution in [0.2, 0.25) is 0 Å². The number of aliphatic hydroxyl groups is 1. The molecule has 0 aliphatic heterocycles. The Hall–Kier alpha value is -2.00. The number of hydrogen-bond donors (Lipinski definition) is 3. The second-order valence-corrected chi connectivity index (χ2v) is 4.82. The molecular formula is C17H22IN3O3. The number of nitrogens with zero attached hydrogens (tertiary/aromatic N) is 1. The number of benzene rings is 2. The highest BCUT2D eigenvalue weighted by molar-refractivity contribution is 14.0. The third-order valence-electron chi connectivity index (χ3n) is 3.38. The van der Waals surface area contributed by atoms with E-state index in [0.29, 0.717) is 23.7 Å². The summed E-state index contributed by atoms with van der Waals surface area (Å²) < 4.78 is 10.5. The molecule has 0 radical (unpaired) electrons. The van der Waals surface area contributed by atoms with Crippen molar-refractivity contribution in [1.29, 1.82) is 0 Å². The van der Waals surface area contributed by atoms with Crippen molar-refractivity contribution in [2.75, 3.05) is 19.5 Å². The molecule has 0 spiro atoms. The molecule has 0 heterocycles. The fourth-order valence-electron chi connectivity index (χ4n) is 2.13. The van der Waals surface area contributed by atoms with E-state index in [1.807, 2.05) is 24.3 Å². The maximum absolute atomic E-state index is 9.32. The highest BCUT2D eigenvalue weighted by Gasteiger charge is 2.06. The van der Waals surface area contributed by atoms with Crippen LogP contribution in [-0.2, 0) is 13.2 Å². The summed E-state index contributed by atoms with van der Waals surface area (Å²) in [7, 11) is 3.17. The zero-order valence-electron chi connectivity index (χ0n) is 13.7. The molecule has 4 N–H and O–H groups in total. The fraction of sp³-hybridized carbons (Fsp3) is 0.235. The number of ether oxygens (including phenoxy) is 2. The quantitative estimate of drug-likeness (QED) is 0.363. The predicted molar refractivity (Wildman–Crippen MR) is 106 cm³/mol. The van der Waals surface area contributed by atoms with E-state index in [9.17, 15) is 5.11 Å². The maximum atomic E-state index is 9.32. The third kappa shape index (κ3) is 5.27. The summed E-state index contributed by atoms with van der Waals surface area (Å²) in [5.74, 6) is 1.58. The molecule has 0 unspecified atom stereocenters. The van der Waals surface area contributed by atoms with Crippen molar-refractivity contribution in [3.05, 3.63) is 53.6 Å². The lowest BCUT2D eigenvalue weighted by atomic mass is 10.1. The van der Waals surface area contributed by atoms with E-state index in [4.69, 9.17) is 15.2 Å². The molecular weight excluding hydrogens is 421 g/mol. The number of guanidine groups is 1. The number of aliphatic imine (C=N–C) groups is 1. The smallest absolute Gasteiger partial charge is 0.193 e. The van der Waals surface area contributed by atoms with Gasteiger partial charge in [0.05, 0.1) is 33.1 Å². The van der Waals surface area contributed by atoms with Gasteiger partial charge < -0.3 is 25.6 Å². The minimum absolute atomic E-state index is 0. The molecule has 24 heavy (non-hydrogen) atoms. The van der Waals surface area contributed by atoms with Crippen molar-refractivity contribution in [1.82, 2.24) is 0 Å². The van der Waals surface area contributed by atoms with Gasteiger partial charge in [0.15, 0.2) is 5.96 Å². The molecule has 0 aliphatic carbocycles. The van der Waals surface area contributed by atoms with Crippen LogP contribution in [0.5, 0.6) is 11.5 Å². The van der Waals surface area contributed by atoms with Crippen LogP contribution >= 0.6 is 24.0 Å². The monoisotopic (exact) mass is 443 g/mol. The van der Waals surface area contributed by atoms with E-state index in [1.165, 1.54) is 0 Å². The Kier molecular flexibility index (Phi) is 8.34. The van der Waals surface area contributed by atoms with Crippen molar-refractivity contribution < 1.29 is 14.6 Å². The van der Waals surface area contributed by atoms with Crippen LogP contribution in [0.25, 0.3) is 0 Å². The van der Waals surface area contributed by atoms with Crippen LogP contribution in [0.1, 0.15) is 11.1 Å². The topological polar surface area (TPSA) is 89.1 Å². The van der Waals surface area contributed by atoms with Gasteiger partial charge in [0.1, 0.15) is 11.5 Å². The van der Waals surface area contributed by atoms with Crippen molar-refractivity contribution in [3.63, 3.8) is 0 Å². The third-order valence-corrected chi connectivity index (χ3v) is 3.38. The van der Waals surface area contributed by atoms with E-state index in [2.05, 4.69) is 10.3 Å². The van der Waals surface area contributed by atoms with E-state index in [1.54, 1.807) is 32.4 Å². The molecule has 2 aromatic rings. The van der Waals surface area contributed by atoms with Crippen molar-refractivity contribution in [2.24, 2.45) is 10.7 Å². The van der Waals surface area contributed by atoms with Crippen LogP contribution in [0.15, 0.2) is 47.5 Å². The second-order valence-electron chi connectivity index (χ2n) is 4.82. The lowest BCUT2D eigenvalue weighted by Gasteiger charge is -2.12. The van der Waals surface area contributed by atoms with Crippen molar-refractivity contribution in [3.8, 4) is 11.5 Å². The van der Waals surface area contributed by atoms with E-state index >= 15 is 0 Å². The minimum atomic E-state index is -0.0251. The lowest BCUT2D eigenvalue weighted by molar-refractivity contribution is 0.280. The van der Waals surface area contributed by atoms with E-state index in [0.717, 1.165) is 11.1 Å². The first kappa shape index (κ1) is 20.0. The minimum Gasteiger partial charge on any atom is -0.497 e. The van der Waals surface area contributed by atoms with Crippen LogP contribution in [0, 0.1) is 0 Å². The molecule has 6 nitrogen and oxygen atoms in total. The van der Waals surface area contributed by atoms with Crippen molar-refractivity contribution in [2.45, 2.75) is 13.2 Å². The normalized spacial score (nSPS) is 10.7. The molecule has 0 saturated heterocycles. The molecule has 0 atom stereocenters.